The number of fused-ring (bicyclic) bond motifs is 1. The highest BCUT2D eigenvalue weighted by Gasteiger charge is 2.23. The van der Waals surface area contributed by atoms with Crippen molar-refractivity contribution >= 4 is 23.3 Å². The lowest BCUT2D eigenvalue weighted by molar-refractivity contribution is 0.313. The molecule has 170 valence electrons. The number of aromatic nitrogens is 2. The molecule has 3 aromatic rings. The highest BCUT2D eigenvalue weighted by atomic mass is 19.1. The summed E-state index contributed by atoms with van der Waals surface area (Å²) in [4.78, 5) is 12.9. The fourth-order valence-corrected chi connectivity index (χ4v) is 4.18. The maximum absolute atomic E-state index is 14.9. The van der Waals surface area contributed by atoms with E-state index in [0.717, 1.165) is 43.5 Å². The lowest BCUT2D eigenvalue weighted by atomic mass is 10.1. The molecule has 1 N–H and O–H groups in total. The first-order valence-corrected chi connectivity index (χ1v) is 10.9. The van der Waals surface area contributed by atoms with Crippen LogP contribution in [0, 0.1) is 11.6 Å². The van der Waals surface area contributed by atoms with E-state index in [4.69, 9.17) is 4.74 Å². The van der Waals surface area contributed by atoms with Gasteiger partial charge in [0.05, 0.1) is 0 Å². The molecule has 1 saturated heterocycles. The third-order valence-electron chi connectivity index (χ3n) is 6.04. The second-order valence-electron chi connectivity index (χ2n) is 8.54. The number of piperazine rings is 1. The minimum Gasteiger partial charge on any atom is -0.436 e. The number of hydrogen-bond acceptors (Lipinski definition) is 6. The molecule has 1 aliphatic heterocycles. The number of allylic oxidation sites excluding steroid dienone is 1. The van der Waals surface area contributed by atoms with Gasteiger partial charge < -0.3 is 19.9 Å². The number of halogens is 2. The monoisotopic (exact) mass is 449 g/mol. The SMILES string of the molecule is CC1=Cc2c(F)c(Oc3cc(Nc4ccc(N5CCN(C)CC5)cc4)ncn3)cc(F)c2C1. The van der Waals surface area contributed by atoms with Crippen LogP contribution in [0.1, 0.15) is 18.1 Å². The van der Waals surface area contributed by atoms with Crippen LogP contribution in [0.15, 0.2) is 48.3 Å². The number of hydrogen-bond donors (Lipinski definition) is 1. The van der Waals surface area contributed by atoms with E-state index in [1.54, 1.807) is 12.1 Å². The molecule has 2 aliphatic rings. The Kier molecular flexibility index (Phi) is 5.68. The Bertz CT molecular complexity index is 1200. The van der Waals surface area contributed by atoms with Crippen molar-refractivity contribution in [1.82, 2.24) is 14.9 Å². The largest absolute Gasteiger partial charge is 0.436 e. The standard InChI is InChI=1S/C25H25F2N5O/c1-16-11-19-20(12-16)25(27)22(13-21(19)26)33-24-14-23(28-15-29-24)30-17-3-5-18(6-4-17)32-9-7-31(2)8-10-32/h3-6,12-15H,7-11H2,1-2H3,(H,28,29,30). The van der Waals surface area contributed by atoms with E-state index in [1.807, 2.05) is 19.1 Å². The van der Waals surface area contributed by atoms with Crippen molar-refractivity contribution in [2.45, 2.75) is 13.3 Å². The summed E-state index contributed by atoms with van der Waals surface area (Å²) in [6.45, 7) is 5.96. The van der Waals surface area contributed by atoms with Gasteiger partial charge in [-0.05, 0) is 44.7 Å². The van der Waals surface area contributed by atoms with E-state index in [-0.39, 0.29) is 17.2 Å². The maximum atomic E-state index is 14.9. The molecule has 0 amide bonds. The molecule has 1 aliphatic carbocycles. The van der Waals surface area contributed by atoms with E-state index in [0.29, 0.717) is 17.8 Å². The smallest absolute Gasteiger partial charge is 0.224 e. The summed E-state index contributed by atoms with van der Waals surface area (Å²) in [6, 6.07) is 10.8. The topological polar surface area (TPSA) is 53.5 Å². The molecule has 33 heavy (non-hydrogen) atoms. The lowest BCUT2D eigenvalue weighted by Gasteiger charge is -2.34. The van der Waals surface area contributed by atoms with Crippen LogP contribution in [-0.2, 0) is 6.42 Å². The van der Waals surface area contributed by atoms with Crippen molar-refractivity contribution in [2.24, 2.45) is 0 Å². The number of nitrogens with one attached hydrogen (secondary N) is 1. The number of rotatable bonds is 5. The number of nitrogens with zero attached hydrogens (tertiary/aromatic N) is 4. The minimum atomic E-state index is -0.587. The zero-order valence-corrected chi connectivity index (χ0v) is 18.6. The van der Waals surface area contributed by atoms with Gasteiger partial charge in [0.2, 0.25) is 5.88 Å². The van der Waals surface area contributed by atoms with Crippen LogP contribution in [0.2, 0.25) is 0 Å². The Morgan fingerprint density at radius 2 is 1.76 bits per heavy atom. The van der Waals surface area contributed by atoms with Gasteiger partial charge in [-0.1, -0.05) is 11.6 Å². The molecule has 0 radical (unpaired) electrons. The summed E-state index contributed by atoms with van der Waals surface area (Å²) in [7, 11) is 2.14. The molecular weight excluding hydrogens is 424 g/mol. The van der Waals surface area contributed by atoms with Gasteiger partial charge in [-0.2, -0.15) is 0 Å². The van der Waals surface area contributed by atoms with Crippen molar-refractivity contribution in [3.63, 3.8) is 0 Å². The summed E-state index contributed by atoms with van der Waals surface area (Å²) in [6.07, 6.45) is 3.38. The lowest BCUT2D eigenvalue weighted by Crippen LogP contribution is -2.44. The molecule has 5 rings (SSSR count). The fourth-order valence-electron chi connectivity index (χ4n) is 4.18. The minimum absolute atomic E-state index is 0.124. The predicted molar refractivity (Wildman–Crippen MR) is 125 cm³/mol. The van der Waals surface area contributed by atoms with Crippen LogP contribution in [0.3, 0.4) is 0 Å². The first kappa shape index (κ1) is 21.3. The number of benzene rings is 2. The van der Waals surface area contributed by atoms with Crippen LogP contribution in [0.4, 0.5) is 26.0 Å². The van der Waals surface area contributed by atoms with Gasteiger partial charge in [0.15, 0.2) is 11.6 Å². The second-order valence-corrected chi connectivity index (χ2v) is 8.54. The zero-order valence-electron chi connectivity index (χ0n) is 18.6. The molecule has 1 aromatic heterocycles. The maximum Gasteiger partial charge on any atom is 0.224 e. The first-order chi connectivity index (χ1) is 16.0. The average Bonchev–Trinajstić information content (AvgIpc) is 3.21. The molecule has 0 atom stereocenters. The Balaban J connectivity index is 1.29. The molecule has 0 saturated carbocycles. The van der Waals surface area contributed by atoms with Crippen molar-refractivity contribution in [1.29, 1.82) is 0 Å². The summed E-state index contributed by atoms with van der Waals surface area (Å²) in [5, 5.41) is 3.21. The Labute approximate surface area is 191 Å². The van der Waals surface area contributed by atoms with Crippen LogP contribution < -0.4 is 15.0 Å². The van der Waals surface area contributed by atoms with E-state index in [9.17, 15) is 8.78 Å². The fraction of sp³-hybridized carbons (Fsp3) is 0.280. The van der Waals surface area contributed by atoms with Crippen molar-refractivity contribution < 1.29 is 13.5 Å². The summed E-state index contributed by atoms with van der Waals surface area (Å²) in [5.74, 6) is -0.653. The Morgan fingerprint density at radius 3 is 2.52 bits per heavy atom. The quantitative estimate of drug-likeness (QED) is 0.592. The number of ether oxygens (including phenoxy) is 1. The molecular formula is C25H25F2N5O. The Morgan fingerprint density at radius 1 is 1.00 bits per heavy atom. The van der Waals surface area contributed by atoms with Gasteiger partial charge in [-0.15, -0.1) is 0 Å². The highest BCUT2D eigenvalue weighted by molar-refractivity contribution is 5.66. The summed E-state index contributed by atoms with van der Waals surface area (Å²) >= 11 is 0. The van der Waals surface area contributed by atoms with E-state index < -0.39 is 11.6 Å². The predicted octanol–water partition coefficient (Wildman–Crippen LogP) is 5.00. The van der Waals surface area contributed by atoms with Crippen LogP contribution in [-0.4, -0.2) is 48.1 Å². The second kappa shape index (κ2) is 8.78. The summed E-state index contributed by atoms with van der Waals surface area (Å²) in [5.41, 5.74) is 3.55. The van der Waals surface area contributed by atoms with Crippen molar-refractivity contribution in [3.8, 4) is 11.6 Å². The third-order valence-corrected chi connectivity index (χ3v) is 6.04. The van der Waals surface area contributed by atoms with Crippen LogP contribution in [0.5, 0.6) is 11.6 Å². The molecule has 1 fully saturated rings. The highest BCUT2D eigenvalue weighted by Crippen LogP contribution is 2.36. The molecule has 6 nitrogen and oxygen atoms in total. The van der Waals surface area contributed by atoms with E-state index in [1.165, 1.54) is 12.0 Å². The molecule has 0 spiro atoms. The van der Waals surface area contributed by atoms with Crippen LogP contribution in [0.25, 0.3) is 6.08 Å². The van der Waals surface area contributed by atoms with Gasteiger partial charge in [0.1, 0.15) is 18.0 Å². The normalized spacial score (nSPS) is 15.9. The van der Waals surface area contributed by atoms with Crippen molar-refractivity contribution in [2.75, 3.05) is 43.4 Å². The van der Waals surface area contributed by atoms with Gasteiger partial charge in [0.25, 0.3) is 0 Å². The first-order valence-electron chi connectivity index (χ1n) is 10.9. The number of likely N-dealkylation sites (N-methyl/N-ethyl adjacent to an activating group) is 1. The van der Waals surface area contributed by atoms with E-state index in [2.05, 4.69) is 44.3 Å². The molecule has 2 aromatic carbocycles. The van der Waals surface area contributed by atoms with Gasteiger partial charge in [-0.25, -0.2) is 18.7 Å². The van der Waals surface area contributed by atoms with Gasteiger partial charge in [0, 0.05) is 60.8 Å². The summed E-state index contributed by atoms with van der Waals surface area (Å²) < 4.78 is 34.9. The van der Waals surface area contributed by atoms with Gasteiger partial charge in [-0.3, -0.25) is 0 Å². The van der Waals surface area contributed by atoms with Crippen molar-refractivity contribution in [3.05, 3.63) is 71.1 Å². The van der Waals surface area contributed by atoms with Gasteiger partial charge >= 0.3 is 0 Å². The Hall–Kier alpha value is -3.52. The molecule has 0 bridgehead atoms. The average molecular weight is 450 g/mol. The van der Waals surface area contributed by atoms with E-state index >= 15 is 0 Å². The number of anilines is 3. The van der Waals surface area contributed by atoms with Crippen LogP contribution >= 0.6 is 0 Å². The molecule has 8 heteroatoms. The molecule has 0 unspecified atom stereocenters. The third kappa shape index (κ3) is 4.52. The zero-order chi connectivity index (χ0) is 22.9. The molecule has 2 heterocycles.